The van der Waals surface area contributed by atoms with Gasteiger partial charge in [-0.25, -0.2) is 9.63 Å². The summed E-state index contributed by atoms with van der Waals surface area (Å²) in [6.45, 7) is 3.52. The molecule has 1 saturated carbocycles. The highest BCUT2D eigenvalue weighted by Crippen LogP contribution is 2.31. The maximum Gasteiger partial charge on any atom is 0.436 e. The summed E-state index contributed by atoms with van der Waals surface area (Å²) in [6.07, 6.45) is 5.36. The fraction of sp³-hybridized carbons (Fsp3) is 0.900. The number of carbonyl (C=O) groups is 1. The van der Waals surface area contributed by atoms with Crippen LogP contribution < -0.4 is 0 Å². The minimum atomic E-state index is -0.783. The molecule has 0 aromatic heterocycles. The van der Waals surface area contributed by atoms with E-state index in [1.54, 1.807) is 13.8 Å². The number of carbonyl (C=O) groups excluding carboxylic acids is 1. The first-order valence-corrected chi connectivity index (χ1v) is 5.30. The molecule has 4 heteroatoms. The van der Waals surface area contributed by atoms with E-state index in [2.05, 4.69) is 0 Å². The third-order valence-electron chi connectivity index (χ3n) is 2.74. The van der Waals surface area contributed by atoms with Gasteiger partial charge in [0.05, 0.1) is 6.04 Å². The normalized spacial score (nSPS) is 27.9. The van der Waals surface area contributed by atoms with Gasteiger partial charge < -0.3 is 4.74 Å². The molecule has 1 saturated heterocycles. The monoisotopic (exact) mass is 199 g/mol. The zero-order chi connectivity index (χ0) is 10.2. The van der Waals surface area contributed by atoms with Crippen LogP contribution >= 0.6 is 0 Å². The second kappa shape index (κ2) is 3.42. The Bertz CT molecular complexity index is 234. The van der Waals surface area contributed by atoms with Crippen molar-refractivity contribution < 1.29 is 14.4 Å². The van der Waals surface area contributed by atoms with Gasteiger partial charge in [-0.3, -0.25) is 0 Å². The second-order valence-electron chi connectivity index (χ2n) is 4.48. The number of hydroxylamine groups is 2. The molecular formula is C10H17NO3. The lowest BCUT2D eigenvalue weighted by Gasteiger charge is -2.28. The third-order valence-corrected chi connectivity index (χ3v) is 2.74. The number of ether oxygens (including phenoxy) is 1. The van der Waals surface area contributed by atoms with Crippen molar-refractivity contribution in [1.29, 1.82) is 0 Å². The molecule has 14 heavy (non-hydrogen) atoms. The number of rotatable bonds is 1. The first-order valence-electron chi connectivity index (χ1n) is 5.30. The Hall–Kier alpha value is -0.770. The lowest BCUT2D eigenvalue weighted by Crippen LogP contribution is -2.37. The van der Waals surface area contributed by atoms with Gasteiger partial charge in [0.1, 0.15) is 0 Å². The summed E-state index contributed by atoms with van der Waals surface area (Å²) in [5, 5.41) is 1.43. The van der Waals surface area contributed by atoms with Crippen molar-refractivity contribution in [3.8, 4) is 0 Å². The lowest BCUT2D eigenvalue weighted by molar-refractivity contribution is -0.230. The number of hydrogen-bond donors (Lipinski definition) is 0. The molecule has 0 radical (unpaired) electrons. The molecule has 0 spiro atoms. The summed E-state index contributed by atoms with van der Waals surface area (Å²) >= 11 is 0. The van der Waals surface area contributed by atoms with Crippen LogP contribution in [0, 0.1) is 0 Å². The Labute approximate surface area is 84.1 Å². The SMILES string of the molecule is CC1(C)OC(=O)N(C2CCCCC2)O1. The van der Waals surface area contributed by atoms with E-state index in [4.69, 9.17) is 9.57 Å². The second-order valence-corrected chi connectivity index (χ2v) is 4.48. The topological polar surface area (TPSA) is 38.8 Å². The summed E-state index contributed by atoms with van der Waals surface area (Å²) in [7, 11) is 0. The van der Waals surface area contributed by atoms with Gasteiger partial charge in [-0.1, -0.05) is 19.3 Å². The molecule has 1 aliphatic heterocycles. The molecule has 2 aliphatic rings. The van der Waals surface area contributed by atoms with E-state index in [1.165, 1.54) is 24.3 Å². The standard InChI is InChI=1S/C10H17NO3/c1-10(2)13-9(12)11(14-10)8-6-4-3-5-7-8/h8H,3-7H2,1-2H3. The van der Waals surface area contributed by atoms with Crippen LogP contribution in [0.25, 0.3) is 0 Å². The van der Waals surface area contributed by atoms with E-state index in [0.29, 0.717) is 0 Å². The Balaban J connectivity index is 2.00. The Morgan fingerprint density at radius 1 is 1.29 bits per heavy atom. The van der Waals surface area contributed by atoms with Gasteiger partial charge in [0.25, 0.3) is 0 Å². The van der Waals surface area contributed by atoms with Crippen LogP contribution in [0.1, 0.15) is 46.0 Å². The van der Waals surface area contributed by atoms with Gasteiger partial charge in [0.2, 0.25) is 5.79 Å². The van der Waals surface area contributed by atoms with Crippen LogP contribution in [0.3, 0.4) is 0 Å². The first-order chi connectivity index (χ1) is 6.58. The van der Waals surface area contributed by atoms with Crippen molar-refractivity contribution in [1.82, 2.24) is 5.06 Å². The fourth-order valence-electron chi connectivity index (χ4n) is 2.09. The van der Waals surface area contributed by atoms with Crippen molar-refractivity contribution in [3.63, 3.8) is 0 Å². The molecule has 0 aromatic rings. The maximum atomic E-state index is 11.5. The number of cyclic esters (lactones) is 1. The van der Waals surface area contributed by atoms with E-state index >= 15 is 0 Å². The molecule has 2 rings (SSSR count). The minimum absolute atomic E-state index is 0.220. The molecule has 0 bridgehead atoms. The van der Waals surface area contributed by atoms with Crippen LogP contribution in [-0.4, -0.2) is 23.0 Å². The number of nitrogens with zero attached hydrogens (tertiary/aromatic N) is 1. The van der Waals surface area contributed by atoms with Crippen LogP contribution in [0.4, 0.5) is 4.79 Å². The molecule has 1 aliphatic carbocycles. The Kier molecular flexibility index (Phi) is 2.39. The smallest absolute Gasteiger partial charge is 0.414 e. The molecule has 0 unspecified atom stereocenters. The van der Waals surface area contributed by atoms with Gasteiger partial charge in [-0.15, -0.1) is 0 Å². The van der Waals surface area contributed by atoms with Crippen LogP contribution in [-0.2, 0) is 9.57 Å². The maximum absolute atomic E-state index is 11.5. The summed E-state index contributed by atoms with van der Waals surface area (Å²) in [5.74, 6) is -0.783. The fourth-order valence-corrected chi connectivity index (χ4v) is 2.09. The molecule has 1 amide bonds. The van der Waals surface area contributed by atoms with E-state index in [0.717, 1.165) is 12.8 Å². The molecule has 0 aromatic carbocycles. The van der Waals surface area contributed by atoms with Crippen molar-refractivity contribution >= 4 is 6.09 Å². The number of amides is 1. The molecule has 2 fully saturated rings. The van der Waals surface area contributed by atoms with Crippen LogP contribution in [0.5, 0.6) is 0 Å². The van der Waals surface area contributed by atoms with Gasteiger partial charge in [0, 0.05) is 13.8 Å². The average Bonchev–Trinajstić information content (AvgIpc) is 2.41. The first kappa shape index (κ1) is 9.77. The van der Waals surface area contributed by atoms with E-state index in [-0.39, 0.29) is 12.1 Å². The van der Waals surface area contributed by atoms with Crippen molar-refractivity contribution in [2.45, 2.75) is 57.8 Å². The molecule has 0 N–H and O–H groups in total. The third kappa shape index (κ3) is 1.85. The summed E-state index contributed by atoms with van der Waals surface area (Å²) in [4.78, 5) is 16.9. The summed E-state index contributed by atoms with van der Waals surface area (Å²) in [5.41, 5.74) is 0. The lowest BCUT2D eigenvalue weighted by atomic mass is 9.95. The predicted octanol–water partition coefficient (Wildman–Crippen LogP) is 2.44. The highest BCUT2D eigenvalue weighted by Gasteiger charge is 2.42. The molecule has 80 valence electrons. The molecule has 1 heterocycles. The van der Waals surface area contributed by atoms with Crippen molar-refractivity contribution in [2.75, 3.05) is 0 Å². The quantitative estimate of drug-likeness (QED) is 0.651. The summed E-state index contributed by atoms with van der Waals surface area (Å²) < 4.78 is 5.08. The van der Waals surface area contributed by atoms with Crippen molar-refractivity contribution in [2.24, 2.45) is 0 Å². The van der Waals surface area contributed by atoms with E-state index in [9.17, 15) is 4.79 Å². The molecule has 0 atom stereocenters. The Morgan fingerprint density at radius 2 is 1.93 bits per heavy atom. The van der Waals surface area contributed by atoms with E-state index in [1.807, 2.05) is 0 Å². The van der Waals surface area contributed by atoms with Gasteiger partial charge in [-0.2, -0.15) is 5.06 Å². The largest absolute Gasteiger partial charge is 0.436 e. The van der Waals surface area contributed by atoms with Crippen LogP contribution in [0.15, 0.2) is 0 Å². The highest BCUT2D eigenvalue weighted by molar-refractivity contribution is 5.68. The number of hydrogen-bond acceptors (Lipinski definition) is 3. The molecular weight excluding hydrogens is 182 g/mol. The minimum Gasteiger partial charge on any atom is -0.414 e. The summed E-state index contributed by atoms with van der Waals surface area (Å²) in [6, 6.07) is 0.220. The predicted molar refractivity (Wildman–Crippen MR) is 50.4 cm³/mol. The Morgan fingerprint density at radius 3 is 2.43 bits per heavy atom. The molecule has 4 nitrogen and oxygen atoms in total. The zero-order valence-electron chi connectivity index (χ0n) is 8.78. The van der Waals surface area contributed by atoms with Gasteiger partial charge in [0.15, 0.2) is 0 Å². The van der Waals surface area contributed by atoms with Gasteiger partial charge in [-0.05, 0) is 12.8 Å². The van der Waals surface area contributed by atoms with E-state index < -0.39 is 5.79 Å². The van der Waals surface area contributed by atoms with Crippen molar-refractivity contribution in [3.05, 3.63) is 0 Å². The zero-order valence-corrected chi connectivity index (χ0v) is 8.78. The highest BCUT2D eigenvalue weighted by atomic mass is 16.9. The van der Waals surface area contributed by atoms with Gasteiger partial charge >= 0.3 is 6.09 Å². The van der Waals surface area contributed by atoms with Crippen LogP contribution in [0.2, 0.25) is 0 Å². The average molecular weight is 199 g/mol.